The Morgan fingerprint density at radius 3 is 1.88 bits per heavy atom. The summed E-state index contributed by atoms with van der Waals surface area (Å²) < 4.78 is 23.3. The van der Waals surface area contributed by atoms with Gasteiger partial charge in [0, 0.05) is 6.42 Å². The van der Waals surface area contributed by atoms with Crippen LogP contribution in [0, 0.1) is 0 Å². The van der Waals surface area contributed by atoms with Crippen molar-refractivity contribution in [3.63, 3.8) is 0 Å². The van der Waals surface area contributed by atoms with Crippen LogP contribution >= 0.6 is 7.82 Å². The van der Waals surface area contributed by atoms with Crippen molar-refractivity contribution >= 4 is 13.7 Å². The Hall–Kier alpha value is -1.02. The molecule has 0 aliphatic rings. The van der Waals surface area contributed by atoms with Crippen molar-refractivity contribution in [3.8, 4) is 0 Å². The predicted octanol–water partition coefficient (Wildman–Crippen LogP) is 7.85. The summed E-state index contributed by atoms with van der Waals surface area (Å²) >= 11 is 0. The lowest BCUT2D eigenvalue weighted by molar-refractivity contribution is -0.870. The second-order valence-electron chi connectivity index (χ2n) is 12.6. The Balaban J connectivity index is 4.72. The van der Waals surface area contributed by atoms with E-state index in [4.69, 9.17) is 9.05 Å². The second-order valence-corrected chi connectivity index (χ2v) is 14.0. The number of amides is 1. The molecule has 0 saturated heterocycles. The molecule has 248 valence electrons. The summed E-state index contributed by atoms with van der Waals surface area (Å²) in [6, 6.07) is -0.869. The van der Waals surface area contributed by atoms with Gasteiger partial charge in [-0.1, -0.05) is 128 Å². The number of allylic oxidation sites excluding steroid dienone is 3. The molecule has 0 rings (SSSR count). The fourth-order valence-electron chi connectivity index (χ4n) is 4.45. The van der Waals surface area contributed by atoms with Crippen LogP contribution in [0.2, 0.25) is 0 Å². The quantitative estimate of drug-likeness (QED) is 0.0342. The largest absolute Gasteiger partial charge is 0.472 e. The summed E-state index contributed by atoms with van der Waals surface area (Å²) in [5.41, 5.74) is 0. The molecular formula is C33H66N2O6P+. The van der Waals surface area contributed by atoms with Crippen molar-refractivity contribution in [2.24, 2.45) is 0 Å². The van der Waals surface area contributed by atoms with Gasteiger partial charge in [-0.3, -0.25) is 13.8 Å². The van der Waals surface area contributed by atoms with Crippen LogP contribution in [0.1, 0.15) is 129 Å². The molecule has 0 radical (unpaired) electrons. The van der Waals surface area contributed by atoms with E-state index >= 15 is 0 Å². The highest BCUT2D eigenvalue weighted by molar-refractivity contribution is 7.47. The number of hydrogen-bond donors (Lipinski definition) is 3. The smallest absolute Gasteiger partial charge is 0.387 e. The molecular weight excluding hydrogens is 551 g/mol. The van der Waals surface area contributed by atoms with E-state index in [2.05, 4.69) is 25.2 Å². The van der Waals surface area contributed by atoms with Crippen molar-refractivity contribution in [1.29, 1.82) is 0 Å². The number of nitrogens with zero attached hydrogens (tertiary/aromatic N) is 1. The van der Waals surface area contributed by atoms with Gasteiger partial charge in [-0.2, -0.15) is 0 Å². The first-order valence-corrected chi connectivity index (χ1v) is 18.2. The molecule has 3 atom stereocenters. The van der Waals surface area contributed by atoms with Crippen molar-refractivity contribution in [2.45, 2.75) is 142 Å². The number of rotatable bonds is 29. The third-order valence-electron chi connectivity index (χ3n) is 7.23. The maximum absolute atomic E-state index is 12.7. The van der Waals surface area contributed by atoms with Crippen LogP contribution in [-0.2, 0) is 18.4 Å². The number of likely N-dealkylation sites (N-methyl/N-ethyl adjacent to an activating group) is 1. The van der Waals surface area contributed by atoms with Crippen molar-refractivity contribution in [3.05, 3.63) is 24.3 Å². The summed E-state index contributed by atoms with van der Waals surface area (Å²) in [6.45, 7) is 4.69. The zero-order valence-electron chi connectivity index (χ0n) is 27.7. The van der Waals surface area contributed by atoms with Crippen LogP contribution in [0.3, 0.4) is 0 Å². The summed E-state index contributed by atoms with van der Waals surface area (Å²) in [7, 11) is 1.54. The van der Waals surface area contributed by atoms with Gasteiger partial charge in [-0.05, 0) is 19.3 Å². The number of aliphatic hydroxyl groups excluding tert-OH is 1. The van der Waals surface area contributed by atoms with Gasteiger partial charge < -0.3 is 19.8 Å². The van der Waals surface area contributed by atoms with Crippen molar-refractivity contribution in [2.75, 3.05) is 40.9 Å². The topological polar surface area (TPSA) is 105 Å². The molecule has 8 nitrogen and oxygen atoms in total. The molecule has 0 fully saturated rings. The number of hydrogen-bond acceptors (Lipinski definition) is 5. The van der Waals surface area contributed by atoms with Crippen LogP contribution in [0.5, 0.6) is 0 Å². The number of carbonyl (C=O) groups excluding carboxylic acids is 1. The van der Waals surface area contributed by atoms with Crippen LogP contribution in [0.4, 0.5) is 0 Å². The molecule has 0 bridgehead atoms. The average molecular weight is 618 g/mol. The molecule has 0 aliphatic carbocycles. The number of aliphatic hydroxyl groups is 1. The maximum atomic E-state index is 12.7. The summed E-state index contributed by atoms with van der Waals surface area (Å²) in [6.07, 6.45) is 26.8. The monoisotopic (exact) mass is 617 g/mol. The minimum Gasteiger partial charge on any atom is -0.387 e. The maximum Gasteiger partial charge on any atom is 0.472 e. The summed E-state index contributed by atoms with van der Waals surface area (Å²) in [5.74, 6) is -0.202. The molecule has 1 amide bonds. The summed E-state index contributed by atoms with van der Waals surface area (Å²) in [5, 5.41) is 13.6. The van der Waals surface area contributed by atoms with E-state index in [0.29, 0.717) is 17.4 Å². The zero-order chi connectivity index (χ0) is 31.5. The standard InChI is InChI=1S/C33H65N2O6P/c1-6-8-10-12-14-16-17-19-20-22-24-26-32(36)31(30-41-42(38,39)40-29-28-35(3,4)5)34-33(37)27-25-23-21-18-15-13-11-9-7-2/h20,22,24,26,31-32,36H,6-19,21,23,25,27-30H2,1-5H3,(H-,34,37,38,39)/p+1/b22-20+,26-24+/t31-,32+/m0/s1. The van der Waals surface area contributed by atoms with Gasteiger partial charge >= 0.3 is 7.82 Å². The Kier molecular flexibility index (Phi) is 25.7. The van der Waals surface area contributed by atoms with Gasteiger partial charge in [-0.15, -0.1) is 0 Å². The minimum atomic E-state index is -4.33. The third-order valence-corrected chi connectivity index (χ3v) is 8.21. The number of unbranched alkanes of at least 4 members (excludes halogenated alkanes) is 15. The third kappa shape index (κ3) is 27.8. The van der Waals surface area contributed by atoms with Gasteiger partial charge in [-0.25, -0.2) is 4.57 Å². The number of carbonyl (C=O) groups is 1. The molecule has 0 aromatic rings. The fraction of sp³-hybridized carbons (Fsp3) is 0.848. The Morgan fingerprint density at radius 2 is 1.33 bits per heavy atom. The predicted molar refractivity (Wildman–Crippen MR) is 175 cm³/mol. The van der Waals surface area contributed by atoms with Gasteiger partial charge in [0.25, 0.3) is 0 Å². The molecule has 0 aromatic heterocycles. The van der Waals surface area contributed by atoms with E-state index in [1.165, 1.54) is 77.0 Å². The van der Waals surface area contributed by atoms with Gasteiger partial charge in [0.1, 0.15) is 13.2 Å². The average Bonchev–Trinajstić information content (AvgIpc) is 2.92. The minimum absolute atomic E-state index is 0.0545. The number of nitrogens with one attached hydrogen (secondary N) is 1. The SMILES string of the molecule is CCCCCCCCC/C=C/C=C/[C@@H](O)[C@H](COP(=O)(O)OCC[N+](C)(C)C)NC(=O)CCCCCCCCCCC. The van der Waals surface area contributed by atoms with Crippen LogP contribution in [0.15, 0.2) is 24.3 Å². The molecule has 1 unspecified atom stereocenters. The molecule has 0 heterocycles. The van der Waals surface area contributed by atoms with E-state index < -0.39 is 20.0 Å². The van der Waals surface area contributed by atoms with E-state index in [1.807, 2.05) is 27.2 Å². The normalized spacial score (nSPS) is 15.3. The van der Waals surface area contributed by atoms with E-state index in [1.54, 1.807) is 12.2 Å². The first-order chi connectivity index (χ1) is 20.0. The van der Waals surface area contributed by atoms with Gasteiger partial charge in [0.15, 0.2) is 0 Å². The molecule has 0 saturated carbocycles. The van der Waals surface area contributed by atoms with Crippen LogP contribution in [0.25, 0.3) is 0 Å². The molecule has 3 N–H and O–H groups in total. The second kappa shape index (κ2) is 26.4. The Labute approximate surface area is 258 Å². The van der Waals surface area contributed by atoms with Crippen LogP contribution in [-0.4, -0.2) is 73.4 Å². The van der Waals surface area contributed by atoms with E-state index in [9.17, 15) is 19.4 Å². The van der Waals surface area contributed by atoms with Crippen molar-refractivity contribution in [1.82, 2.24) is 5.32 Å². The first-order valence-electron chi connectivity index (χ1n) is 16.7. The Morgan fingerprint density at radius 1 is 0.810 bits per heavy atom. The molecule has 0 spiro atoms. The molecule has 0 aliphatic heterocycles. The highest BCUT2D eigenvalue weighted by Crippen LogP contribution is 2.43. The lowest BCUT2D eigenvalue weighted by atomic mass is 10.1. The first kappa shape index (κ1) is 41.0. The molecule has 9 heteroatoms. The van der Waals surface area contributed by atoms with E-state index in [0.717, 1.165) is 32.1 Å². The van der Waals surface area contributed by atoms with Gasteiger partial charge in [0.05, 0.1) is 39.9 Å². The van der Waals surface area contributed by atoms with E-state index in [-0.39, 0.29) is 19.1 Å². The van der Waals surface area contributed by atoms with Gasteiger partial charge in [0.2, 0.25) is 5.91 Å². The Bertz CT molecular complexity index is 753. The van der Waals surface area contributed by atoms with Crippen molar-refractivity contribution < 1.29 is 32.9 Å². The zero-order valence-corrected chi connectivity index (χ0v) is 28.6. The lowest BCUT2D eigenvalue weighted by Gasteiger charge is -2.25. The highest BCUT2D eigenvalue weighted by atomic mass is 31.2. The highest BCUT2D eigenvalue weighted by Gasteiger charge is 2.27. The molecule has 42 heavy (non-hydrogen) atoms. The number of phosphoric acid groups is 1. The molecule has 0 aromatic carbocycles. The lowest BCUT2D eigenvalue weighted by Crippen LogP contribution is -2.45. The van der Waals surface area contributed by atoms with Crippen LogP contribution < -0.4 is 5.32 Å². The number of phosphoric ester groups is 1. The number of quaternary nitrogens is 1. The fourth-order valence-corrected chi connectivity index (χ4v) is 5.18. The summed E-state index contributed by atoms with van der Waals surface area (Å²) in [4.78, 5) is 22.8.